The minimum atomic E-state index is -0.477. The van der Waals surface area contributed by atoms with Gasteiger partial charge in [0.05, 0.1) is 6.61 Å². The number of hydrogen-bond donors (Lipinski definition) is 0. The molecule has 0 saturated heterocycles. The molecule has 5 nitrogen and oxygen atoms in total. The van der Waals surface area contributed by atoms with Crippen LogP contribution in [-0.2, 0) is 9.53 Å². The molecule has 3 atom stereocenters. The lowest BCUT2D eigenvalue weighted by molar-refractivity contribution is -0.145. The average Bonchev–Trinajstić information content (AvgIpc) is 2.82. The molecule has 3 unspecified atom stereocenters. The summed E-state index contributed by atoms with van der Waals surface area (Å²) >= 11 is 0. The molecular weight excluding hydrogens is 208 g/mol. The molecule has 0 N–H and O–H groups in total. The fraction of sp³-hybridized carbons (Fsp3) is 0.727. The van der Waals surface area contributed by atoms with Gasteiger partial charge < -0.3 is 9.26 Å². The number of ether oxygens (including phenoxy) is 1. The number of carbonyl (C=O) groups excluding carboxylic acids is 1. The summed E-state index contributed by atoms with van der Waals surface area (Å²) in [6.07, 6.45) is 1.10. The predicted octanol–water partition coefficient (Wildman–Crippen LogP) is 1.86. The molecule has 1 aliphatic carbocycles. The predicted molar refractivity (Wildman–Crippen MR) is 55.9 cm³/mol. The third-order valence-electron chi connectivity index (χ3n) is 2.91. The first-order valence-electron chi connectivity index (χ1n) is 5.63. The van der Waals surface area contributed by atoms with E-state index < -0.39 is 5.92 Å². The molecule has 1 aromatic heterocycles. The third kappa shape index (κ3) is 2.08. The molecular formula is C11H16N2O3. The molecule has 0 radical (unpaired) electrons. The lowest BCUT2D eigenvalue weighted by Crippen LogP contribution is -2.13. The molecule has 1 aromatic rings. The van der Waals surface area contributed by atoms with Gasteiger partial charge in [-0.1, -0.05) is 12.1 Å². The second-order valence-corrected chi connectivity index (χ2v) is 4.28. The van der Waals surface area contributed by atoms with Crippen LogP contribution in [0.25, 0.3) is 0 Å². The quantitative estimate of drug-likeness (QED) is 0.730. The van der Waals surface area contributed by atoms with E-state index in [1.165, 1.54) is 0 Å². The normalized spacial score (nSPS) is 25.2. The van der Waals surface area contributed by atoms with Gasteiger partial charge in [-0.05, 0) is 26.2 Å². The van der Waals surface area contributed by atoms with Gasteiger partial charge in [-0.2, -0.15) is 4.98 Å². The van der Waals surface area contributed by atoms with Gasteiger partial charge in [-0.25, -0.2) is 0 Å². The molecule has 0 bridgehead atoms. The largest absolute Gasteiger partial charge is 0.465 e. The van der Waals surface area contributed by atoms with Gasteiger partial charge in [0.25, 0.3) is 0 Å². The van der Waals surface area contributed by atoms with Crippen LogP contribution < -0.4 is 0 Å². The smallest absolute Gasteiger partial charge is 0.318 e. The van der Waals surface area contributed by atoms with E-state index in [1.54, 1.807) is 13.8 Å². The maximum atomic E-state index is 11.5. The Morgan fingerprint density at radius 1 is 1.69 bits per heavy atom. The Hall–Kier alpha value is -1.39. The molecule has 0 amide bonds. The van der Waals surface area contributed by atoms with Crippen molar-refractivity contribution in [3.63, 3.8) is 0 Å². The van der Waals surface area contributed by atoms with E-state index in [0.29, 0.717) is 24.3 Å². The standard InChI is InChI=1S/C11H16N2O3/c1-4-15-11(14)7(3)10-12-9(13-16-10)8-5-6(8)2/h6-8H,4-5H2,1-3H3. The Balaban J connectivity index is 2.03. The number of carbonyl (C=O) groups is 1. The maximum Gasteiger partial charge on any atom is 0.318 e. The first kappa shape index (κ1) is 11.1. The zero-order valence-corrected chi connectivity index (χ0v) is 9.77. The summed E-state index contributed by atoms with van der Waals surface area (Å²) in [6, 6.07) is 0. The van der Waals surface area contributed by atoms with Crippen molar-refractivity contribution in [1.82, 2.24) is 10.1 Å². The Morgan fingerprint density at radius 3 is 2.94 bits per heavy atom. The van der Waals surface area contributed by atoms with Crippen LogP contribution in [0, 0.1) is 5.92 Å². The highest BCUT2D eigenvalue weighted by Gasteiger charge is 2.38. The van der Waals surface area contributed by atoms with Crippen molar-refractivity contribution < 1.29 is 14.1 Å². The summed E-state index contributed by atoms with van der Waals surface area (Å²) < 4.78 is 9.98. The van der Waals surface area contributed by atoms with Gasteiger partial charge in [0, 0.05) is 5.92 Å². The van der Waals surface area contributed by atoms with Crippen LogP contribution in [0.5, 0.6) is 0 Å². The minimum Gasteiger partial charge on any atom is -0.465 e. The van der Waals surface area contributed by atoms with E-state index in [1.807, 2.05) is 0 Å². The van der Waals surface area contributed by atoms with Crippen LogP contribution in [-0.4, -0.2) is 22.7 Å². The van der Waals surface area contributed by atoms with E-state index in [0.717, 1.165) is 12.2 Å². The van der Waals surface area contributed by atoms with Crippen molar-refractivity contribution in [3.05, 3.63) is 11.7 Å². The molecule has 0 spiro atoms. The van der Waals surface area contributed by atoms with Gasteiger partial charge in [-0.15, -0.1) is 0 Å². The van der Waals surface area contributed by atoms with Crippen molar-refractivity contribution in [2.45, 2.75) is 39.0 Å². The molecule has 1 fully saturated rings. The second kappa shape index (κ2) is 4.23. The highest BCUT2D eigenvalue weighted by molar-refractivity contribution is 5.76. The Labute approximate surface area is 94.2 Å². The molecule has 1 heterocycles. The van der Waals surface area contributed by atoms with E-state index in [9.17, 15) is 4.79 Å². The number of rotatable bonds is 4. The summed E-state index contributed by atoms with van der Waals surface area (Å²) in [5.74, 6) is 1.32. The fourth-order valence-corrected chi connectivity index (χ4v) is 1.62. The average molecular weight is 224 g/mol. The van der Waals surface area contributed by atoms with Crippen LogP contribution in [0.4, 0.5) is 0 Å². The number of nitrogens with zero attached hydrogens (tertiary/aromatic N) is 2. The first-order valence-corrected chi connectivity index (χ1v) is 5.63. The lowest BCUT2D eigenvalue weighted by Gasteiger charge is -2.04. The van der Waals surface area contributed by atoms with Crippen molar-refractivity contribution >= 4 is 5.97 Å². The van der Waals surface area contributed by atoms with Crippen LogP contribution in [0.3, 0.4) is 0 Å². The number of hydrogen-bond acceptors (Lipinski definition) is 5. The van der Waals surface area contributed by atoms with E-state index in [2.05, 4.69) is 17.1 Å². The van der Waals surface area contributed by atoms with Crippen molar-refractivity contribution in [2.24, 2.45) is 5.92 Å². The number of aromatic nitrogens is 2. The zero-order valence-electron chi connectivity index (χ0n) is 9.77. The van der Waals surface area contributed by atoms with E-state index in [4.69, 9.17) is 9.26 Å². The number of esters is 1. The molecule has 88 valence electrons. The van der Waals surface area contributed by atoms with Gasteiger partial charge in [0.1, 0.15) is 5.92 Å². The maximum absolute atomic E-state index is 11.5. The second-order valence-electron chi connectivity index (χ2n) is 4.28. The highest BCUT2D eigenvalue weighted by atomic mass is 16.5. The van der Waals surface area contributed by atoms with Gasteiger partial charge in [0.15, 0.2) is 5.82 Å². The minimum absolute atomic E-state index is 0.318. The van der Waals surface area contributed by atoms with Crippen molar-refractivity contribution in [2.75, 3.05) is 6.61 Å². The fourth-order valence-electron chi connectivity index (χ4n) is 1.62. The summed E-state index contributed by atoms with van der Waals surface area (Å²) in [4.78, 5) is 15.7. The molecule has 0 aromatic carbocycles. The van der Waals surface area contributed by atoms with E-state index >= 15 is 0 Å². The summed E-state index contributed by atoms with van der Waals surface area (Å²) in [6.45, 7) is 6.00. The lowest BCUT2D eigenvalue weighted by atomic mass is 10.2. The van der Waals surface area contributed by atoms with Crippen LogP contribution >= 0.6 is 0 Å². The first-order chi connectivity index (χ1) is 7.63. The molecule has 1 aliphatic rings. The highest BCUT2D eigenvalue weighted by Crippen LogP contribution is 2.45. The van der Waals surface area contributed by atoms with Crippen molar-refractivity contribution in [3.8, 4) is 0 Å². The topological polar surface area (TPSA) is 65.2 Å². The van der Waals surface area contributed by atoms with E-state index in [-0.39, 0.29) is 5.97 Å². The van der Waals surface area contributed by atoms with Gasteiger partial charge in [-0.3, -0.25) is 4.79 Å². The third-order valence-corrected chi connectivity index (χ3v) is 2.91. The Morgan fingerprint density at radius 2 is 2.38 bits per heavy atom. The molecule has 2 rings (SSSR count). The van der Waals surface area contributed by atoms with Crippen LogP contribution in [0.1, 0.15) is 50.7 Å². The van der Waals surface area contributed by atoms with Gasteiger partial charge in [0.2, 0.25) is 5.89 Å². The monoisotopic (exact) mass is 224 g/mol. The molecule has 1 saturated carbocycles. The van der Waals surface area contributed by atoms with Crippen molar-refractivity contribution in [1.29, 1.82) is 0 Å². The molecule has 0 aliphatic heterocycles. The zero-order chi connectivity index (χ0) is 11.7. The van der Waals surface area contributed by atoms with Crippen LogP contribution in [0.2, 0.25) is 0 Å². The van der Waals surface area contributed by atoms with Gasteiger partial charge >= 0.3 is 5.97 Å². The Kier molecular flexibility index (Phi) is 2.94. The molecule has 5 heteroatoms. The summed E-state index contributed by atoms with van der Waals surface area (Å²) in [5, 5.41) is 3.90. The SMILES string of the molecule is CCOC(=O)C(C)c1nc(C2CC2C)no1. The Bertz CT molecular complexity index is 388. The summed E-state index contributed by atoms with van der Waals surface area (Å²) in [5.41, 5.74) is 0. The van der Waals surface area contributed by atoms with Crippen LogP contribution in [0.15, 0.2) is 4.52 Å². The summed E-state index contributed by atoms with van der Waals surface area (Å²) in [7, 11) is 0. The molecule has 16 heavy (non-hydrogen) atoms.